The van der Waals surface area contributed by atoms with E-state index in [1.54, 1.807) is 0 Å². The Balaban J connectivity index is 1.79. The number of halogens is 1. The Kier molecular flexibility index (Phi) is 2.74. The fraction of sp³-hybridized carbons (Fsp3) is 0.455. The van der Waals surface area contributed by atoms with Crippen LogP contribution in [0.15, 0.2) is 24.3 Å². The molecule has 1 aromatic rings. The molecule has 1 nitrogen and oxygen atoms in total. The number of hydrogen-bond acceptors (Lipinski definition) is 1. The van der Waals surface area contributed by atoms with Crippen molar-refractivity contribution in [2.45, 2.75) is 19.3 Å². The first-order valence-electron chi connectivity index (χ1n) is 4.84. The lowest BCUT2D eigenvalue weighted by atomic mass is 10.2. The maximum atomic E-state index is 5.86. The third-order valence-electron chi connectivity index (χ3n) is 2.40. The molecule has 13 heavy (non-hydrogen) atoms. The van der Waals surface area contributed by atoms with Crippen molar-refractivity contribution >= 4 is 17.3 Å². The van der Waals surface area contributed by atoms with Crippen LogP contribution in [-0.2, 0) is 0 Å². The van der Waals surface area contributed by atoms with Crippen LogP contribution in [0.5, 0.6) is 0 Å². The molecule has 0 atom stereocenters. The quantitative estimate of drug-likeness (QED) is 0.775. The van der Waals surface area contributed by atoms with Crippen molar-refractivity contribution in [3.05, 3.63) is 29.3 Å². The van der Waals surface area contributed by atoms with Crippen LogP contribution in [0.4, 0.5) is 5.69 Å². The van der Waals surface area contributed by atoms with Crippen LogP contribution >= 0.6 is 11.6 Å². The molecule has 1 saturated carbocycles. The second kappa shape index (κ2) is 4.01. The zero-order chi connectivity index (χ0) is 9.10. The first kappa shape index (κ1) is 8.89. The van der Waals surface area contributed by atoms with Crippen molar-refractivity contribution in [1.82, 2.24) is 0 Å². The first-order valence-corrected chi connectivity index (χ1v) is 5.22. The lowest BCUT2D eigenvalue weighted by molar-refractivity contribution is 0.760. The molecule has 0 spiro atoms. The molecular formula is C11H14ClN. The monoisotopic (exact) mass is 195 g/mol. The number of benzene rings is 1. The summed E-state index contributed by atoms with van der Waals surface area (Å²) in [7, 11) is 0. The Labute approximate surface area is 84.1 Å². The molecule has 0 unspecified atom stereocenters. The van der Waals surface area contributed by atoms with Crippen LogP contribution in [0.3, 0.4) is 0 Å². The third-order valence-corrected chi connectivity index (χ3v) is 2.64. The van der Waals surface area contributed by atoms with Gasteiger partial charge < -0.3 is 5.32 Å². The fourth-order valence-electron chi connectivity index (χ4n) is 1.43. The van der Waals surface area contributed by atoms with E-state index in [-0.39, 0.29) is 0 Å². The van der Waals surface area contributed by atoms with Gasteiger partial charge in [-0.15, -0.1) is 0 Å². The normalized spacial score (nSPS) is 15.8. The van der Waals surface area contributed by atoms with E-state index in [4.69, 9.17) is 11.6 Å². The summed E-state index contributed by atoms with van der Waals surface area (Å²) >= 11 is 5.86. The number of anilines is 1. The number of hydrogen-bond donors (Lipinski definition) is 1. The molecule has 70 valence electrons. The van der Waals surface area contributed by atoms with Crippen molar-refractivity contribution in [3.8, 4) is 0 Å². The molecule has 0 saturated heterocycles. The number of nitrogens with one attached hydrogen (secondary N) is 1. The highest BCUT2D eigenvalue weighted by Crippen LogP contribution is 2.32. The van der Waals surface area contributed by atoms with Crippen LogP contribution in [0.25, 0.3) is 0 Å². The third kappa shape index (κ3) is 2.92. The molecule has 0 aliphatic heterocycles. The first-order chi connectivity index (χ1) is 6.34. The Morgan fingerprint density at radius 3 is 2.92 bits per heavy atom. The molecule has 0 radical (unpaired) electrons. The average Bonchev–Trinajstić information content (AvgIpc) is 2.88. The molecule has 1 fully saturated rings. The van der Waals surface area contributed by atoms with E-state index in [1.807, 2.05) is 18.2 Å². The molecule has 0 heterocycles. The maximum Gasteiger partial charge on any atom is 0.0426 e. The van der Waals surface area contributed by atoms with E-state index in [0.29, 0.717) is 0 Å². The SMILES string of the molecule is Clc1cccc(NCCC2CC2)c1. The van der Waals surface area contributed by atoms with Gasteiger partial charge in [0.05, 0.1) is 0 Å². The van der Waals surface area contributed by atoms with E-state index >= 15 is 0 Å². The summed E-state index contributed by atoms with van der Waals surface area (Å²) in [6, 6.07) is 7.89. The maximum absolute atomic E-state index is 5.86. The highest BCUT2D eigenvalue weighted by molar-refractivity contribution is 6.30. The van der Waals surface area contributed by atoms with Gasteiger partial charge in [-0.1, -0.05) is 30.5 Å². The van der Waals surface area contributed by atoms with E-state index < -0.39 is 0 Å². The standard InChI is InChI=1S/C11H14ClN/c12-10-2-1-3-11(8-10)13-7-6-9-4-5-9/h1-3,8-9,13H,4-7H2. The van der Waals surface area contributed by atoms with Gasteiger partial charge in [-0.05, 0) is 30.5 Å². The van der Waals surface area contributed by atoms with Gasteiger partial charge in [0, 0.05) is 17.3 Å². The Bertz CT molecular complexity index is 281. The topological polar surface area (TPSA) is 12.0 Å². The van der Waals surface area contributed by atoms with Gasteiger partial charge in [0.15, 0.2) is 0 Å². The van der Waals surface area contributed by atoms with Crippen LogP contribution in [0.1, 0.15) is 19.3 Å². The highest BCUT2D eigenvalue weighted by Gasteiger charge is 2.19. The minimum absolute atomic E-state index is 0.802. The van der Waals surface area contributed by atoms with Gasteiger partial charge in [0.1, 0.15) is 0 Å². The molecule has 1 aromatic carbocycles. The van der Waals surface area contributed by atoms with Crippen LogP contribution < -0.4 is 5.32 Å². The zero-order valence-electron chi connectivity index (χ0n) is 7.59. The summed E-state index contributed by atoms with van der Waals surface area (Å²) in [6.45, 7) is 1.07. The number of rotatable bonds is 4. The zero-order valence-corrected chi connectivity index (χ0v) is 8.35. The highest BCUT2D eigenvalue weighted by atomic mass is 35.5. The molecule has 2 rings (SSSR count). The van der Waals surface area contributed by atoms with Crippen molar-refractivity contribution in [3.63, 3.8) is 0 Å². The largest absolute Gasteiger partial charge is 0.385 e. The van der Waals surface area contributed by atoms with E-state index in [0.717, 1.165) is 23.2 Å². The van der Waals surface area contributed by atoms with E-state index in [1.165, 1.54) is 19.3 Å². The predicted octanol–water partition coefficient (Wildman–Crippen LogP) is 3.55. The summed E-state index contributed by atoms with van der Waals surface area (Å²) in [6.07, 6.45) is 4.15. The summed E-state index contributed by atoms with van der Waals surface area (Å²) in [4.78, 5) is 0. The van der Waals surface area contributed by atoms with Crippen molar-refractivity contribution in [2.24, 2.45) is 5.92 Å². The average molecular weight is 196 g/mol. The van der Waals surface area contributed by atoms with E-state index in [2.05, 4.69) is 11.4 Å². The van der Waals surface area contributed by atoms with Gasteiger partial charge in [-0.3, -0.25) is 0 Å². The van der Waals surface area contributed by atoms with Gasteiger partial charge in [0.25, 0.3) is 0 Å². The smallest absolute Gasteiger partial charge is 0.0426 e. The van der Waals surface area contributed by atoms with Gasteiger partial charge in [-0.2, -0.15) is 0 Å². The Hall–Kier alpha value is -0.690. The van der Waals surface area contributed by atoms with Crippen LogP contribution in [0, 0.1) is 5.92 Å². The van der Waals surface area contributed by atoms with Crippen LogP contribution in [0.2, 0.25) is 5.02 Å². The second-order valence-electron chi connectivity index (χ2n) is 3.67. The predicted molar refractivity (Wildman–Crippen MR) is 57.3 cm³/mol. The Morgan fingerprint density at radius 1 is 1.38 bits per heavy atom. The lowest BCUT2D eigenvalue weighted by Gasteiger charge is -2.05. The molecule has 1 N–H and O–H groups in total. The van der Waals surface area contributed by atoms with Crippen molar-refractivity contribution in [1.29, 1.82) is 0 Å². The lowest BCUT2D eigenvalue weighted by Crippen LogP contribution is -2.01. The summed E-state index contributed by atoms with van der Waals surface area (Å²) in [5.41, 5.74) is 1.13. The molecule has 1 aliphatic rings. The fourth-order valence-corrected chi connectivity index (χ4v) is 1.62. The molecular weight excluding hydrogens is 182 g/mol. The molecule has 1 aliphatic carbocycles. The van der Waals surface area contributed by atoms with Crippen molar-refractivity contribution in [2.75, 3.05) is 11.9 Å². The Morgan fingerprint density at radius 2 is 2.23 bits per heavy atom. The molecule has 0 aromatic heterocycles. The van der Waals surface area contributed by atoms with Crippen molar-refractivity contribution < 1.29 is 0 Å². The van der Waals surface area contributed by atoms with Gasteiger partial charge in [0.2, 0.25) is 0 Å². The second-order valence-corrected chi connectivity index (χ2v) is 4.11. The van der Waals surface area contributed by atoms with E-state index in [9.17, 15) is 0 Å². The minimum atomic E-state index is 0.802. The minimum Gasteiger partial charge on any atom is -0.385 e. The molecule has 0 amide bonds. The van der Waals surface area contributed by atoms with Gasteiger partial charge in [-0.25, -0.2) is 0 Å². The van der Waals surface area contributed by atoms with Crippen LogP contribution in [-0.4, -0.2) is 6.54 Å². The molecule has 0 bridgehead atoms. The summed E-state index contributed by atoms with van der Waals surface area (Å²) < 4.78 is 0. The summed E-state index contributed by atoms with van der Waals surface area (Å²) in [5.74, 6) is 0.992. The van der Waals surface area contributed by atoms with Gasteiger partial charge >= 0.3 is 0 Å². The molecule has 2 heteroatoms. The summed E-state index contributed by atoms with van der Waals surface area (Å²) in [5, 5.41) is 4.17.